The second kappa shape index (κ2) is 10.9. The van der Waals surface area contributed by atoms with Crippen molar-refractivity contribution in [3.8, 4) is 0 Å². The van der Waals surface area contributed by atoms with E-state index in [4.69, 9.17) is 28.0 Å². The third-order valence-corrected chi connectivity index (χ3v) is 11.2. The van der Waals surface area contributed by atoms with Gasteiger partial charge in [0.2, 0.25) is 5.91 Å². The molecule has 4 aliphatic rings. The van der Waals surface area contributed by atoms with Gasteiger partial charge in [0, 0.05) is 38.9 Å². The summed E-state index contributed by atoms with van der Waals surface area (Å²) in [6.45, 7) is 8.16. The van der Waals surface area contributed by atoms with Crippen LogP contribution in [0.5, 0.6) is 0 Å². The van der Waals surface area contributed by atoms with Crippen molar-refractivity contribution < 1.29 is 24.1 Å². The number of hydroxylamine groups is 1. The Labute approximate surface area is 263 Å². The van der Waals surface area contributed by atoms with Gasteiger partial charge in [-0.3, -0.25) is 29.3 Å². The molecule has 3 fully saturated rings. The van der Waals surface area contributed by atoms with Crippen LogP contribution in [0.4, 0.5) is 11.4 Å². The number of fused-ring (bicyclic) bond motifs is 2. The van der Waals surface area contributed by atoms with E-state index in [1.807, 2.05) is 0 Å². The van der Waals surface area contributed by atoms with E-state index < -0.39 is 34.8 Å². The molecular weight excluding hydrogens is 613 g/mol. The maximum atomic E-state index is 14.4. The lowest BCUT2D eigenvalue weighted by atomic mass is 9.68. The highest BCUT2D eigenvalue weighted by Crippen LogP contribution is 2.57. The predicted octanol–water partition coefficient (Wildman–Crippen LogP) is 7.13. The van der Waals surface area contributed by atoms with Crippen molar-refractivity contribution >= 4 is 63.9 Å². The van der Waals surface area contributed by atoms with Crippen molar-refractivity contribution in [2.45, 2.75) is 64.4 Å². The monoisotopic (exact) mass is 643 g/mol. The first kappa shape index (κ1) is 30.1. The average molecular weight is 645 g/mol. The highest BCUT2D eigenvalue weighted by molar-refractivity contribution is 8.04. The number of ketones is 1. The molecule has 0 N–H and O–H groups in total. The largest absolute Gasteiger partial charge is 0.295 e. The number of carbonyl (C=O) groups excluding carboxylic acids is 3. The number of allylic oxidation sites excluding steroid dienone is 1. The van der Waals surface area contributed by atoms with Gasteiger partial charge in [0.1, 0.15) is 5.92 Å². The lowest BCUT2D eigenvalue weighted by molar-refractivity contribution is -0.384. The van der Waals surface area contributed by atoms with E-state index >= 15 is 0 Å². The Morgan fingerprint density at radius 1 is 1.09 bits per heavy atom. The number of thioether (sulfide) groups is 1. The van der Waals surface area contributed by atoms with Gasteiger partial charge in [-0.05, 0) is 61.3 Å². The molecule has 1 saturated carbocycles. The van der Waals surface area contributed by atoms with Crippen molar-refractivity contribution in [3.63, 3.8) is 0 Å². The number of nitro groups is 1. The second-order valence-electron chi connectivity index (χ2n) is 12.7. The Kier molecular flexibility index (Phi) is 7.64. The molecule has 2 amide bonds. The number of likely N-dealkylation sites (tertiary alicyclic amines) is 1. The summed E-state index contributed by atoms with van der Waals surface area (Å²) in [5, 5.41) is 14.0. The van der Waals surface area contributed by atoms with Gasteiger partial charge in [0.25, 0.3) is 11.6 Å². The molecule has 2 saturated heterocycles. The molecule has 0 spiro atoms. The van der Waals surface area contributed by atoms with E-state index in [2.05, 4.69) is 20.8 Å². The number of imide groups is 1. The number of amides is 2. The Bertz CT molecular complexity index is 1590. The molecule has 1 aliphatic carbocycles. The van der Waals surface area contributed by atoms with Crippen LogP contribution in [0.3, 0.4) is 0 Å². The topological polar surface area (TPSA) is 110 Å². The molecule has 6 rings (SSSR count). The molecule has 226 valence electrons. The summed E-state index contributed by atoms with van der Waals surface area (Å²) in [5.74, 6) is -1.78. The average Bonchev–Trinajstić information content (AvgIpc) is 3.58. The summed E-state index contributed by atoms with van der Waals surface area (Å²) < 4.78 is 0. The van der Waals surface area contributed by atoms with Crippen LogP contribution >= 0.6 is 35.0 Å². The standard InChI is InChI=1S/C31H31Cl2N3O6S/c1-15(37)24-21-10-8-16(31(2,3)4)12-23(21)43-30(24)34-28(38)25-26(20-11-9-17(32)13-22(20)33)35(42-27(25)29(34)39)18-6-5-7-19(14-18)36(40)41/h5-7,9,11,13-14,16,21,23,25-27H,8,10,12H2,1-4H3/t16-,21-,23-,25+,26-,27-/m0/s1. The van der Waals surface area contributed by atoms with Gasteiger partial charge in [0.05, 0.1) is 21.7 Å². The van der Waals surface area contributed by atoms with Crippen LogP contribution in [0.1, 0.15) is 58.6 Å². The minimum absolute atomic E-state index is 0.0269. The smallest absolute Gasteiger partial charge is 0.271 e. The van der Waals surface area contributed by atoms with Gasteiger partial charge in [-0.25, -0.2) is 9.96 Å². The normalized spacial score (nSPS) is 28.9. The van der Waals surface area contributed by atoms with Crippen LogP contribution in [-0.4, -0.2) is 38.8 Å². The van der Waals surface area contributed by atoms with Crippen LogP contribution in [0.2, 0.25) is 10.0 Å². The SMILES string of the molecule is CC(=O)C1=C(N2C(=O)[C@H]3[C@H](ON(c4cccc([N+](=O)[O-])c4)[C@H]3c3ccc(Cl)cc3Cl)C2=O)S[C@H]2C[C@@H](C(C)(C)C)CC[C@H]12. The summed E-state index contributed by atoms with van der Waals surface area (Å²) in [4.78, 5) is 59.8. The van der Waals surface area contributed by atoms with Gasteiger partial charge in [0.15, 0.2) is 11.9 Å². The number of benzene rings is 2. The van der Waals surface area contributed by atoms with E-state index in [0.29, 0.717) is 32.8 Å². The van der Waals surface area contributed by atoms with Gasteiger partial charge in [-0.2, -0.15) is 0 Å². The quantitative estimate of drug-likeness (QED) is 0.192. The van der Waals surface area contributed by atoms with E-state index in [9.17, 15) is 24.5 Å². The van der Waals surface area contributed by atoms with E-state index in [0.717, 1.165) is 24.2 Å². The van der Waals surface area contributed by atoms with Crippen LogP contribution in [0.25, 0.3) is 0 Å². The molecule has 0 unspecified atom stereocenters. The zero-order valence-corrected chi connectivity index (χ0v) is 26.4. The Morgan fingerprint density at radius 3 is 2.49 bits per heavy atom. The Balaban J connectivity index is 1.40. The van der Waals surface area contributed by atoms with Gasteiger partial charge in [-0.1, -0.05) is 56.1 Å². The number of halogens is 2. The van der Waals surface area contributed by atoms with Crippen molar-refractivity contribution in [1.29, 1.82) is 0 Å². The van der Waals surface area contributed by atoms with Crippen LogP contribution in [-0.2, 0) is 19.2 Å². The predicted molar refractivity (Wildman–Crippen MR) is 164 cm³/mol. The van der Waals surface area contributed by atoms with Gasteiger partial charge >= 0.3 is 0 Å². The third-order valence-electron chi connectivity index (χ3n) is 9.15. The molecule has 9 nitrogen and oxygen atoms in total. The summed E-state index contributed by atoms with van der Waals surface area (Å²) in [6.07, 6.45) is 1.47. The molecule has 2 aromatic carbocycles. The van der Waals surface area contributed by atoms with E-state index in [1.165, 1.54) is 48.0 Å². The fourth-order valence-electron chi connectivity index (χ4n) is 6.97. The van der Waals surface area contributed by atoms with E-state index in [-0.39, 0.29) is 33.1 Å². The zero-order chi connectivity index (χ0) is 31.0. The number of anilines is 1. The summed E-state index contributed by atoms with van der Waals surface area (Å²) in [6, 6.07) is 9.72. The van der Waals surface area contributed by atoms with E-state index in [1.54, 1.807) is 18.2 Å². The highest BCUT2D eigenvalue weighted by atomic mass is 35.5. The summed E-state index contributed by atoms with van der Waals surface area (Å²) in [7, 11) is 0. The first-order chi connectivity index (χ1) is 20.3. The Hall–Kier alpha value is -2.92. The molecule has 43 heavy (non-hydrogen) atoms. The van der Waals surface area contributed by atoms with Crippen molar-refractivity contribution in [2.24, 2.45) is 23.2 Å². The van der Waals surface area contributed by atoms with Crippen molar-refractivity contribution in [2.75, 3.05) is 5.06 Å². The number of non-ortho nitro benzene ring substituents is 1. The molecule has 12 heteroatoms. The molecule has 0 radical (unpaired) electrons. The molecular formula is C31H31Cl2N3O6S. The molecule has 0 aromatic heterocycles. The molecule has 0 bridgehead atoms. The zero-order valence-electron chi connectivity index (χ0n) is 24.1. The fourth-order valence-corrected chi connectivity index (χ4v) is 9.25. The lowest BCUT2D eigenvalue weighted by Crippen LogP contribution is -2.36. The van der Waals surface area contributed by atoms with Crippen LogP contribution in [0.15, 0.2) is 53.1 Å². The van der Waals surface area contributed by atoms with Crippen LogP contribution < -0.4 is 5.06 Å². The van der Waals surface area contributed by atoms with Crippen molar-refractivity contribution in [3.05, 3.63) is 78.8 Å². The number of hydrogen-bond donors (Lipinski definition) is 0. The van der Waals surface area contributed by atoms with Crippen molar-refractivity contribution in [1.82, 2.24) is 4.90 Å². The minimum atomic E-state index is -1.21. The number of carbonyl (C=O) groups is 3. The number of nitrogens with zero attached hydrogens (tertiary/aromatic N) is 3. The van der Waals surface area contributed by atoms with Crippen LogP contribution in [0, 0.1) is 33.3 Å². The molecule has 3 heterocycles. The first-order valence-corrected chi connectivity index (χ1v) is 15.9. The minimum Gasteiger partial charge on any atom is -0.295 e. The molecule has 2 aromatic rings. The fraction of sp³-hybridized carbons (Fsp3) is 0.452. The Morgan fingerprint density at radius 2 is 1.84 bits per heavy atom. The molecule has 6 atom stereocenters. The number of hydrogen-bond acceptors (Lipinski definition) is 8. The highest BCUT2D eigenvalue weighted by Gasteiger charge is 2.62. The number of rotatable bonds is 5. The summed E-state index contributed by atoms with van der Waals surface area (Å²) >= 11 is 14.3. The second-order valence-corrected chi connectivity index (χ2v) is 14.8. The molecule has 3 aliphatic heterocycles. The number of Topliss-reactive ketones (excluding diaryl/α,β-unsaturated/α-hetero) is 1. The summed E-state index contributed by atoms with van der Waals surface area (Å²) in [5.41, 5.74) is 1.25. The third kappa shape index (κ3) is 5.06. The first-order valence-electron chi connectivity index (χ1n) is 14.2. The number of nitro benzene ring substituents is 1. The maximum absolute atomic E-state index is 14.4. The van der Waals surface area contributed by atoms with Gasteiger partial charge < -0.3 is 0 Å². The lowest BCUT2D eigenvalue weighted by Gasteiger charge is -2.39. The maximum Gasteiger partial charge on any atom is 0.271 e. The van der Waals surface area contributed by atoms with Gasteiger partial charge in [-0.15, -0.1) is 11.8 Å².